The highest BCUT2D eigenvalue weighted by Crippen LogP contribution is 2.18. The summed E-state index contributed by atoms with van der Waals surface area (Å²) in [5, 5.41) is 2.60. The molecule has 3 nitrogen and oxygen atoms in total. The molecule has 0 aromatic rings. The lowest BCUT2D eigenvalue weighted by atomic mass is 10.00. The van der Waals surface area contributed by atoms with Gasteiger partial charge in [-0.2, -0.15) is 0 Å². The molecule has 3 heteroatoms. The van der Waals surface area contributed by atoms with Crippen LogP contribution in [0.2, 0.25) is 0 Å². The van der Waals surface area contributed by atoms with Crippen molar-refractivity contribution in [1.82, 2.24) is 5.32 Å². The molecule has 1 saturated heterocycles. The Bertz CT molecular complexity index is 288. The molecule has 0 radical (unpaired) electrons. The molecule has 1 amide bonds. The first-order chi connectivity index (χ1) is 5.29. The maximum absolute atomic E-state index is 11.0. The minimum Gasteiger partial charge on any atom is -0.342 e. The second-order valence-corrected chi connectivity index (χ2v) is 2.64. The molecule has 11 heavy (non-hydrogen) atoms. The van der Waals surface area contributed by atoms with Crippen molar-refractivity contribution in [3.05, 3.63) is 23.8 Å². The molecule has 1 aliphatic carbocycles. The second kappa shape index (κ2) is 2.05. The van der Waals surface area contributed by atoms with Crippen molar-refractivity contribution in [2.24, 2.45) is 0 Å². The first-order valence-electron chi connectivity index (χ1n) is 3.51. The van der Waals surface area contributed by atoms with Gasteiger partial charge in [0, 0.05) is 5.57 Å². The van der Waals surface area contributed by atoms with Gasteiger partial charge in [-0.25, -0.2) is 0 Å². The highest BCUT2D eigenvalue weighted by Gasteiger charge is 2.34. The molecular formula is C8H7NO2. The van der Waals surface area contributed by atoms with Gasteiger partial charge < -0.3 is 5.32 Å². The van der Waals surface area contributed by atoms with Crippen LogP contribution in [0.5, 0.6) is 0 Å². The smallest absolute Gasteiger partial charge is 0.292 e. The van der Waals surface area contributed by atoms with Crippen LogP contribution in [0.25, 0.3) is 0 Å². The van der Waals surface area contributed by atoms with Crippen molar-refractivity contribution in [3.63, 3.8) is 0 Å². The summed E-state index contributed by atoms with van der Waals surface area (Å²) in [5.41, 5.74) is 0.609. The Labute approximate surface area is 63.8 Å². The van der Waals surface area contributed by atoms with Crippen LogP contribution in [0.3, 0.4) is 0 Å². The number of fused-ring (bicyclic) bond motifs is 1. The normalized spacial score (nSPS) is 28.0. The van der Waals surface area contributed by atoms with Crippen LogP contribution in [0, 0.1) is 0 Å². The minimum absolute atomic E-state index is 0.0556. The van der Waals surface area contributed by atoms with Crippen LogP contribution >= 0.6 is 0 Å². The second-order valence-electron chi connectivity index (χ2n) is 2.64. The first kappa shape index (κ1) is 6.34. The van der Waals surface area contributed by atoms with Crippen LogP contribution in [0.15, 0.2) is 23.8 Å². The van der Waals surface area contributed by atoms with E-state index >= 15 is 0 Å². The van der Waals surface area contributed by atoms with Gasteiger partial charge in [0.2, 0.25) is 5.78 Å². The lowest BCUT2D eigenvalue weighted by Crippen LogP contribution is -2.26. The number of nitrogens with one attached hydrogen (secondary N) is 1. The summed E-state index contributed by atoms with van der Waals surface area (Å²) in [6.07, 6.45) is 6.19. The molecule has 0 aromatic heterocycles. The Morgan fingerprint density at radius 1 is 1.45 bits per heavy atom. The lowest BCUT2D eigenvalue weighted by Gasteiger charge is -2.09. The molecular weight excluding hydrogens is 142 g/mol. The number of allylic oxidation sites excluding steroid dienone is 2. The predicted molar refractivity (Wildman–Crippen MR) is 38.8 cm³/mol. The largest absolute Gasteiger partial charge is 0.342 e. The van der Waals surface area contributed by atoms with Gasteiger partial charge in [-0.1, -0.05) is 18.2 Å². The van der Waals surface area contributed by atoms with Crippen molar-refractivity contribution >= 4 is 11.7 Å². The Hall–Kier alpha value is -1.38. The number of hydrogen-bond donors (Lipinski definition) is 1. The number of ketones is 1. The molecule has 1 fully saturated rings. The average molecular weight is 149 g/mol. The molecule has 2 rings (SSSR count). The van der Waals surface area contributed by atoms with E-state index in [-0.39, 0.29) is 11.8 Å². The van der Waals surface area contributed by atoms with E-state index in [0.29, 0.717) is 5.57 Å². The zero-order chi connectivity index (χ0) is 7.84. The number of rotatable bonds is 0. The van der Waals surface area contributed by atoms with E-state index < -0.39 is 5.91 Å². The van der Waals surface area contributed by atoms with Crippen LogP contribution in [-0.4, -0.2) is 17.7 Å². The fourth-order valence-corrected chi connectivity index (χ4v) is 1.35. The standard InChI is InChI=1S/C8H7NO2/c10-7-5-3-1-2-4-6(5)9-8(7)11/h1-3,6H,4H2,(H,9,11). The average Bonchev–Trinajstić information content (AvgIpc) is 2.30. The molecule has 1 heterocycles. The van der Waals surface area contributed by atoms with Crippen LogP contribution in [-0.2, 0) is 9.59 Å². The van der Waals surface area contributed by atoms with E-state index in [9.17, 15) is 9.59 Å². The number of Topliss-reactive ketones (excluding diaryl/α,β-unsaturated/α-hetero) is 1. The summed E-state index contributed by atoms with van der Waals surface area (Å²) in [5.74, 6) is -0.843. The summed E-state index contributed by atoms with van der Waals surface area (Å²) < 4.78 is 0. The monoisotopic (exact) mass is 149 g/mol. The summed E-state index contributed by atoms with van der Waals surface area (Å²) in [6, 6.07) is -0.0556. The molecule has 2 aliphatic rings. The third kappa shape index (κ3) is 0.808. The number of hydrogen-bond acceptors (Lipinski definition) is 2. The van der Waals surface area contributed by atoms with Crippen molar-refractivity contribution < 1.29 is 9.59 Å². The molecule has 1 atom stereocenters. The van der Waals surface area contributed by atoms with E-state index in [1.54, 1.807) is 6.08 Å². The van der Waals surface area contributed by atoms with Gasteiger partial charge in [-0.05, 0) is 6.42 Å². The summed E-state index contributed by atoms with van der Waals surface area (Å²) >= 11 is 0. The van der Waals surface area contributed by atoms with Gasteiger partial charge in [0.15, 0.2) is 0 Å². The topological polar surface area (TPSA) is 46.2 Å². The van der Waals surface area contributed by atoms with Gasteiger partial charge in [0.1, 0.15) is 0 Å². The van der Waals surface area contributed by atoms with E-state index in [1.165, 1.54) is 0 Å². The summed E-state index contributed by atoms with van der Waals surface area (Å²) in [7, 11) is 0. The fraction of sp³-hybridized carbons (Fsp3) is 0.250. The number of carbonyl (C=O) groups excluding carboxylic acids is 2. The third-order valence-corrected chi connectivity index (χ3v) is 1.93. The summed E-state index contributed by atoms with van der Waals surface area (Å²) in [4.78, 5) is 21.8. The maximum Gasteiger partial charge on any atom is 0.292 e. The SMILES string of the molecule is O=C1NC2CC=CC=C2C1=O. The van der Waals surface area contributed by atoms with Gasteiger partial charge in [0.05, 0.1) is 6.04 Å². The zero-order valence-corrected chi connectivity index (χ0v) is 5.83. The maximum atomic E-state index is 11.0. The van der Waals surface area contributed by atoms with Crippen LogP contribution in [0.1, 0.15) is 6.42 Å². The van der Waals surface area contributed by atoms with E-state index in [1.807, 2.05) is 12.2 Å². The van der Waals surface area contributed by atoms with Crippen molar-refractivity contribution in [2.75, 3.05) is 0 Å². The van der Waals surface area contributed by atoms with Gasteiger partial charge >= 0.3 is 0 Å². The highest BCUT2D eigenvalue weighted by molar-refractivity contribution is 6.45. The van der Waals surface area contributed by atoms with E-state index in [0.717, 1.165) is 6.42 Å². The molecule has 0 spiro atoms. The molecule has 56 valence electrons. The summed E-state index contributed by atoms with van der Waals surface area (Å²) in [6.45, 7) is 0. The van der Waals surface area contributed by atoms with Gasteiger partial charge in [-0.15, -0.1) is 0 Å². The van der Waals surface area contributed by atoms with Gasteiger partial charge in [0.25, 0.3) is 5.91 Å². The highest BCUT2D eigenvalue weighted by atomic mass is 16.2. The molecule has 0 aromatic carbocycles. The van der Waals surface area contributed by atoms with Crippen LogP contribution < -0.4 is 5.32 Å². The Morgan fingerprint density at radius 2 is 2.27 bits per heavy atom. The fourth-order valence-electron chi connectivity index (χ4n) is 1.35. The first-order valence-corrected chi connectivity index (χ1v) is 3.51. The minimum atomic E-state index is -0.468. The lowest BCUT2D eigenvalue weighted by molar-refractivity contribution is -0.133. The Kier molecular flexibility index (Phi) is 1.18. The van der Waals surface area contributed by atoms with E-state index in [2.05, 4.69) is 5.32 Å². The molecule has 0 bridgehead atoms. The third-order valence-electron chi connectivity index (χ3n) is 1.93. The zero-order valence-electron chi connectivity index (χ0n) is 5.83. The molecule has 0 saturated carbocycles. The van der Waals surface area contributed by atoms with Crippen LogP contribution in [0.4, 0.5) is 0 Å². The Morgan fingerprint density at radius 3 is 3.00 bits per heavy atom. The van der Waals surface area contributed by atoms with Crippen molar-refractivity contribution in [1.29, 1.82) is 0 Å². The number of amides is 1. The number of carbonyl (C=O) groups is 2. The molecule has 1 aliphatic heterocycles. The van der Waals surface area contributed by atoms with E-state index in [4.69, 9.17) is 0 Å². The predicted octanol–water partition coefficient (Wildman–Crippen LogP) is -0.0598. The molecule has 1 N–H and O–H groups in total. The van der Waals surface area contributed by atoms with Gasteiger partial charge in [-0.3, -0.25) is 9.59 Å². The molecule has 1 unspecified atom stereocenters. The van der Waals surface area contributed by atoms with Crippen molar-refractivity contribution in [2.45, 2.75) is 12.5 Å². The van der Waals surface area contributed by atoms with Crippen molar-refractivity contribution in [3.8, 4) is 0 Å². The quantitative estimate of drug-likeness (QED) is 0.490. The Balaban J connectivity index is 2.40.